The summed E-state index contributed by atoms with van der Waals surface area (Å²) in [6.45, 7) is 0. The van der Waals surface area contributed by atoms with Crippen LogP contribution in [0.3, 0.4) is 0 Å². The Labute approximate surface area is 180 Å². The van der Waals surface area contributed by atoms with Gasteiger partial charge in [0.25, 0.3) is 10.0 Å². The van der Waals surface area contributed by atoms with Crippen LogP contribution in [0.25, 0.3) is 32.6 Å². The predicted octanol–water partition coefficient (Wildman–Crippen LogP) is 5.34. The van der Waals surface area contributed by atoms with E-state index < -0.39 is 21.7 Å². The molecule has 0 saturated carbocycles. The van der Waals surface area contributed by atoms with E-state index in [1.807, 2.05) is 0 Å². The zero-order chi connectivity index (χ0) is 21.6. The van der Waals surface area contributed by atoms with E-state index in [1.165, 1.54) is 41.9 Å². The van der Waals surface area contributed by atoms with E-state index in [2.05, 4.69) is 9.97 Å². The number of rotatable bonds is 4. The molecule has 0 aliphatic heterocycles. The molecule has 0 N–H and O–H groups in total. The Kier molecular flexibility index (Phi) is 4.64. The number of pyridine rings is 1. The van der Waals surface area contributed by atoms with E-state index in [-0.39, 0.29) is 16.1 Å². The van der Waals surface area contributed by atoms with E-state index in [0.717, 1.165) is 21.0 Å². The maximum atomic E-state index is 14.3. The van der Waals surface area contributed by atoms with Crippen LogP contribution < -0.4 is 0 Å². The van der Waals surface area contributed by atoms with Crippen molar-refractivity contribution in [3.05, 3.63) is 90.3 Å². The Bertz CT molecular complexity index is 1510. The molecule has 5 aromatic rings. The number of nitrogens with zero attached hydrogens (tertiary/aromatic N) is 3. The van der Waals surface area contributed by atoms with E-state index in [4.69, 9.17) is 0 Å². The summed E-state index contributed by atoms with van der Waals surface area (Å²) in [4.78, 5) is 9.29. The molecule has 0 aliphatic rings. The lowest BCUT2D eigenvalue weighted by Gasteiger charge is -2.08. The summed E-state index contributed by atoms with van der Waals surface area (Å²) in [5.41, 5.74) is 3.03. The standard InChI is InChI=1S/C22H13F2N3O2S2/c23-15-6-7-17(20(24)9-15)14-8-18-19(21-11-25-13-30-21)12-27(22(18)26-10-14)31(28,29)16-4-2-1-3-5-16/h1-13H. The van der Waals surface area contributed by atoms with Crippen molar-refractivity contribution in [2.75, 3.05) is 0 Å². The maximum absolute atomic E-state index is 14.3. The molecule has 5 nitrogen and oxygen atoms in total. The van der Waals surface area contributed by atoms with Crippen molar-refractivity contribution >= 4 is 32.4 Å². The van der Waals surface area contributed by atoms with Crippen LogP contribution in [0.5, 0.6) is 0 Å². The molecule has 0 radical (unpaired) electrons. The monoisotopic (exact) mass is 453 g/mol. The van der Waals surface area contributed by atoms with Crippen molar-refractivity contribution in [1.29, 1.82) is 0 Å². The molecule has 0 amide bonds. The molecule has 31 heavy (non-hydrogen) atoms. The summed E-state index contributed by atoms with van der Waals surface area (Å²) in [5.74, 6) is -1.41. The molecule has 0 bridgehead atoms. The van der Waals surface area contributed by atoms with Crippen LogP contribution in [0.2, 0.25) is 0 Å². The van der Waals surface area contributed by atoms with Crippen LogP contribution in [0, 0.1) is 11.6 Å². The van der Waals surface area contributed by atoms with Crippen LogP contribution >= 0.6 is 11.3 Å². The molecule has 0 atom stereocenters. The van der Waals surface area contributed by atoms with E-state index in [1.54, 1.807) is 36.0 Å². The molecule has 0 aliphatic carbocycles. The van der Waals surface area contributed by atoms with Gasteiger partial charge in [-0.3, -0.25) is 4.98 Å². The highest BCUT2D eigenvalue weighted by molar-refractivity contribution is 7.90. The van der Waals surface area contributed by atoms with Crippen LogP contribution in [-0.2, 0) is 10.0 Å². The first-order valence-electron chi connectivity index (χ1n) is 9.11. The summed E-state index contributed by atoms with van der Waals surface area (Å²) in [6.07, 6.45) is 4.51. The molecule has 2 aromatic carbocycles. The smallest absolute Gasteiger partial charge is 0.252 e. The molecule has 3 heterocycles. The van der Waals surface area contributed by atoms with Crippen LogP contribution in [-0.4, -0.2) is 22.4 Å². The van der Waals surface area contributed by atoms with Crippen molar-refractivity contribution < 1.29 is 17.2 Å². The second kappa shape index (κ2) is 7.36. The minimum absolute atomic E-state index is 0.123. The average Bonchev–Trinajstić information content (AvgIpc) is 3.42. The highest BCUT2D eigenvalue weighted by atomic mass is 32.2. The normalized spacial score (nSPS) is 11.8. The summed E-state index contributed by atoms with van der Waals surface area (Å²) in [6, 6.07) is 13.0. The fourth-order valence-electron chi connectivity index (χ4n) is 3.38. The minimum atomic E-state index is -3.91. The lowest BCUT2D eigenvalue weighted by molar-refractivity contribution is 0.585. The van der Waals surface area contributed by atoms with Gasteiger partial charge in [-0.2, -0.15) is 0 Å². The van der Waals surface area contributed by atoms with E-state index >= 15 is 0 Å². The molecule has 0 saturated heterocycles. The van der Waals surface area contributed by atoms with Gasteiger partial charge in [0.2, 0.25) is 0 Å². The quantitative estimate of drug-likeness (QED) is 0.368. The summed E-state index contributed by atoms with van der Waals surface area (Å²) in [5, 5.41) is 0.519. The fourth-order valence-corrected chi connectivity index (χ4v) is 5.38. The van der Waals surface area contributed by atoms with Gasteiger partial charge in [0.05, 0.1) is 15.3 Å². The Morgan fingerprint density at radius 3 is 2.45 bits per heavy atom. The van der Waals surface area contributed by atoms with Gasteiger partial charge in [-0.15, -0.1) is 11.3 Å². The third kappa shape index (κ3) is 3.31. The van der Waals surface area contributed by atoms with Gasteiger partial charge < -0.3 is 0 Å². The number of halogens is 2. The molecular formula is C22H13F2N3O2S2. The number of hydrogen-bond donors (Lipinski definition) is 0. The van der Waals surface area contributed by atoms with Crippen LogP contribution in [0.4, 0.5) is 8.78 Å². The summed E-state index contributed by atoms with van der Waals surface area (Å²) < 4.78 is 55.4. The lowest BCUT2D eigenvalue weighted by Crippen LogP contribution is -2.12. The second-order valence-electron chi connectivity index (χ2n) is 6.74. The van der Waals surface area contributed by atoms with Crippen molar-refractivity contribution in [2.45, 2.75) is 4.90 Å². The second-order valence-corrected chi connectivity index (χ2v) is 9.44. The molecule has 0 fully saturated rings. The predicted molar refractivity (Wildman–Crippen MR) is 115 cm³/mol. The van der Waals surface area contributed by atoms with Crippen molar-refractivity contribution in [3.8, 4) is 21.6 Å². The Hall–Kier alpha value is -3.43. The third-order valence-electron chi connectivity index (χ3n) is 4.85. The van der Waals surface area contributed by atoms with Crippen molar-refractivity contribution in [1.82, 2.24) is 13.9 Å². The average molecular weight is 453 g/mol. The first-order valence-corrected chi connectivity index (χ1v) is 11.4. The summed E-state index contributed by atoms with van der Waals surface area (Å²) >= 11 is 1.35. The molecule has 154 valence electrons. The van der Waals surface area contributed by atoms with Gasteiger partial charge in [0.15, 0.2) is 5.65 Å². The van der Waals surface area contributed by atoms with Gasteiger partial charge in [0.1, 0.15) is 11.6 Å². The van der Waals surface area contributed by atoms with Crippen molar-refractivity contribution in [3.63, 3.8) is 0 Å². The zero-order valence-electron chi connectivity index (χ0n) is 15.7. The number of benzene rings is 2. The highest BCUT2D eigenvalue weighted by Crippen LogP contribution is 2.36. The number of hydrogen-bond acceptors (Lipinski definition) is 5. The lowest BCUT2D eigenvalue weighted by atomic mass is 10.0. The van der Waals surface area contributed by atoms with Gasteiger partial charge in [-0.1, -0.05) is 18.2 Å². The molecule has 3 aromatic heterocycles. The summed E-state index contributed by atoms with van der Waals surface area (Å²) in [7, 11) is -3.91. The van der Waals surface area contributed by atoms with Crippen LogP contribution in [0.15, 0.2) is 83.6 Å². The van der Waals surface area contributed by atoms with Crippen molar-refractivity contribution in [2.24, 2.45) is 0 Å². The molecule has 5 rings (SSSR count). The third-order valence-corrected chi connectivity index (χ3v) is 7.32. The van der Waals surface area contributed by atoms with Gasteiger partial charge in [-0.25, -0.2) is 26.2 Å². The Balaban J connectivity index is 1.78. The van der Waals surface area contributed by atoms with Gasteiger partial charge >= 0.3 is 0 Å². The number of aromatic nitrogens is 3. The first kappa shape index (κ1) is 19.5. The highest BCUT2D eigenvalue weighted by Gasteiger charge is 2.24. The Morgan fingerprint density at radius 2 is 1.74 bits per heavy atom. The van der Waals surface area contributed by atoms with E-state index in [0.29, 0.717) is 16.5 Å². The van der Waals surface area contributed by atoms with E-state index in [9.17, 15) is 17.2 Å². The largest absolute Gasteiger partial charge is 0.269 e. The maximum Gasteiger partial charge on any atom is 0.269 e. The molecule has 0 unspecified atom stereocenters. The fraction of sp³-hybridized carbons (Fsp3) is 0. The topological polar surface area (TPSA) is 64.8 Å². The minimum Gasteiger partial charge on any atom is -0.252 e. The molecular weight excluding hydrogens is 440 g/mol. The first-order chi connectivity index (χ1) is 14.9. The Morgan fingerprint density at radius 1 is 0.935 bits per heavy atom. The van der Waals surface area contributed by atoms with Gasteiger partial charge in [0, 0.05) is 46.7 Å². The van der Waals surface area contributed by atoms with Gasteiger partial charge in [-0.05, 0) is 30.3 Å². The number of fused-ring (bicyclic) bond motifs is 1. The zero-order valence-corrected chi connectivity index (χ0v) is 17.4. The molecule has 9 heteroatoms. The SMILES string of the molecule is O=S(=O)(c1ccccc1)n1cc(-c2cncs2)c2cc(-c3ccc(F)cc3F)cnc21. The molecule has 0 spiro atoms. The number of thiazole rings is 1. The van der Waals surface area contributed by atoms with Crippen LogP contribution in [0.1, 0.15) is 0 Å².